The Balaban J connectivity index is 1.36. The van der Waals surface area contributed by atoms with Gasteiger partial charge in [0.15, 0.2) is 0 Å². The standard InChI is InChI=1S/C27H28F2N6S/c1-34(2)16-18-7-9-35(10-8-18)27-23-12-19(3-5-25(23)31-17-32-27)20-11-22(15-30-14-20)33-36-26-6-4-21(28)13-24(26)29/h3-6,11-15,17-18,33H,7-10,16H2,1-2H3. The smallest absolute Gasteiger partial charge is 0.141 e. The summed E-state index contributed by atoms with van der Waals surface area (Å²) in [5.41, 5.74) is 3.54. The van der Waals surface area contributed by atoms with Gasteiger partial charge in [0, 0.05) is 42.8 Å². The summed E-state index contributed by atoms with van der Waals surface area (Å²) in [6, 6.07) is 11.6. The monoisotopic (exact) mass is 506 g/mol. The Kier molecular flexibility index (Phi) is 7.29. The molecule has 0 saturated carbocycles. The summed E-state index contributed by atoms with van der Waals surface area (Å²) in [6.45, 7) is 3.08. The lowest BCUT2D eigenvalue weighted by Gasteiger charge is -2.34. The zero-order chi connectivity index (χ0) is 25.1. The van der Waals surface area contributed by atoms with Crippen molar-refractivity contribution in [2.45, 2.75) is 17.7 Å². The summed E-state index contributed by atoms with van der Waals surface area (Å²) in [5, 5.41) is 1.02. The number of nitrogens with one attached hydrogen (secondary N) is 1. The summed E-state index contributed by atoms with van der Waals surface area (Å²) in [4.78, 5) is 18.4. The van der Waals surface area contributed by atoms with E-state index in [4.69, 9.17) is 0 Å². The number of anilines is 2. The minimum Gasteiger partial charge on any atom is -0.356 e. The molecule has 1 fully saturated rings. The van der Waals surface area contributed by atoms with Gasteiger partial charge in [-0.2, -0.15) is 0 Å². The number of hydrogen-bond donors (Lipinski definition) is 1. The molecule has 186 valence electrons. The molecule has 0 atom stereocenters. The van der Waals surface area contributed by atoms with E-state index in [1.165, 1.54) is 12.1 Å². The van der Waals surface area contributed by atoms with Gasteiger partial charge in [-0.1, -0.05) is 6.07 Å². The lowest BCUT2D eigenvalue weighted by atomic mass is 9.96. The predicted octanol–water partition coefficient (Wildman–Crippen LogP) is 5.87. The lowest BCUT2D eigenvalue weighted by Crippen LogP contribution is -2.37. The van der Waals surface area contributed by atoms with E-state index in [1.54, 1.807) is 18.7 Å². The number of nitrogens with zero attached hydrogens (tertiary/aromatic N) is 5. The maximum Gasteiger partial charge on any atom is 0.141 e. The van der Waals surface area contributed by atoms with Crippen LogP contribution in [0.5, 0.6) is 0 Å². The Morgan fingerprint density at radius 1 is 1.00 bits per heavy atom. The normalized spacial score (nSPS) is 14.5. The minimum absolute atomic E-state index is 0.309. The van der Waals surface area contributed by atoms with E-state index in [2.05, 4.69) is 49.6 Å². The van der Waals surface area contributed by atoms with Crippen LogP contribution in [0.4, 0.5) is 20.3 Å². The lowest BCUT2D eigenvalue weighted by molar-refractivity contribution is 0.285. The van der Waals surface area contributed by atoms with Gasteiger partial charge in [0.25, 0.3) is 0 Å². The maximum atomic E-state index is 14.0. The Bertz CT molecular complexity index is 1360. The van der Waals surface area contributed by atoms with E-state index >= 15 is 0 Å². The Morgan fingerprint density at radius 3 is 2.61 bits per heavy atom. The molecule has 0 radical (unpaired) electrons. The molecule has 2 aromatic carbocycles. The number of aromatic nitrogens is 3. The van der Waals surface area contributed by atoms with Crippen LogP contribution in [0.3, 0.4) is 0 Å². The molecule has 0 spiro atoms. The van der Waals surface area contributed by atoms with Crippen molar-refractivity contribution in [3.8, 4) is 11.1 Å². The van der Waals surface area contributed by atoms with E-state index in [0.717, 1.165) is 78.3 Å². The average Bonchev–Trinajstić information content (AvgIpc) is 2.88. The van der Waals surface area contributed by atoms with Crippen LogP contribution in [-0.4, -0.2) is 53.6 Å². The molecule has 0 amide bonds. The van der Waals surface area contributed by atoms with Gasteiger partial charge in [-0.15, -0.1) is 0 Å². The zero-order valence-electron chi connectivity index (χ0n) is 20.3. The number of hydrogen-bond acceptors (Lipinski definition) is 7. The van der Waals surface area contributed by atoms with Gasteiger partial charge in [-0.3, -0.25) is 4.98 Å². The Hall–Kier alpha value is -3.30. The molecule has 3 heterocycles. The molecular formula is C27H28F2N6S. The fourth-order valence-corrected chi connectivity index (χ4v) is 5.28. The Morgan fingerprint density at radius 2 is 1.83 bits per heavy atom. The summed E-state index contributed by atoms with van der Waals surface area (Å²) in [5.74, 6) is 0.472. The topological polar surface area (TPSA) is 57.2 Å². The van der Waals surface area contributed by atoms with Crippen molar-refractivity contribution in [3.05, 3.63) is 72.8 Å². The van der Waals surface area contributed by atoms with Crippen molar-refractivity contribution in [1.82, 2.24) is 19.9 Å². The van der Waals surface area contributed by atoms with Crippen molar-refractivity contribution >= 4 is 34.4 Å². The van der Waals surface area contributed by atoms with Gasteiger partial charge in [0.2, 0.25) is 0 Å². The highest BCUT2D eigenvalue weighted by atomic mass is 32.2. The first-order valence-corrected chi connectivity index (χ1v) is 12.8. The second kappa shape index (κ2) is 10.8. The molecule has 9 heteroatoms. The third-order valence-electron chi connectivity index (χ3n) is 6.40. The summed E-state index contributed by atoms with van der Waals surface area (Å²) in [7, 11) is 4.26. The number of fused-ring (bicyclic) bond motifs is 1. The first-order chi connectivity index (χ1) is 17.5. The first-order valence-electron chi connectivity index (χ1n) is 11.9. The van der Waals surface area contributed by atoms with Gasteiger partial charge < -0.3 is 14.5 Å². The quantitative estimate of drug-likeness (QED) is 0.315. The highest BCUT2D eigenvalue weighted by Crippen LogP contribution is 2.32. The van der Waals surface area contributed by atoms with E-state index < -0.39 is 11.6 Å². The van der Waals surface area contributed by atoms with Crippen LogP contribution in [0, 0.1) is 17.6 Å². The van der Waals surface area contributed by atoms with Crippen molar-refractivity contribution in [3.63, 3.8) is 0 Å². The molecule has 6 nitrogen and oxygen atoms in total. The molecule has 0 bridgehead atoms. The predicted molar refractivity (Wildman–Crippen MR) is 142 cm³/mol. The second-order valence-electron chi connectivity index (χ2n) is 9.36. The second-order valence-corrected chi connectivity index (χ2v) is 10.2. The SMILES string of the molecule is CN(C)CC1CCN(c2ncnc3ccc(-c4cncc(NSc5ccc(F)cc5F)c4)cc23)CC1. The van der Waals surface area contributed by atoms with E-state index in [1.807, 2.05) is 18.2 Å². The van der Waals surface area contributed by atoms with Crippen molar-refractivity contribution in [1.29, 1.82) is 0 Å². The molecule has 1 saturated heterocycles. The number of benzene rings is 2. The largest absolute Gasteiger partial charge is 0.356 e. The summed E-state index contributed by atoms with van der Waals surface area (Å²) in [6.07, 6.45) is 7.40. The maximum absolute atomic E-state index is 14.0. The van der Waals surface area contributed by atoms with Crippen LogP contribution < -0.4 is 9.62 Å². The molecule has 5 rings (SSSR count). The van der Waals surface area contributed by atoms with Crippen LogP contribution in [-0.2, 0) is 0 Å². The molecule has 0 unspecified atom stereocenters. The molecule has 36 heavy (non-hydrogen) atoms. The van der Waals surface area contributed by atoms with Crippen molar-refractivity contribution in [2.75, 3.05) is 43.4 Å². The van der Waals surface area contributed by atoms with Gasteiger partial charge in [-0.05, 0) is 80.7 Å². The highest BCUT2D eigenvalue weighted by Gasteiger charge is 2.22. The first kappa shape index (κ1) is 24.4. The van der Waals surface area contributed by atoms with Gasteiger partial charge in [0.1, 0.15) is 23.8 Å². The number of pyridine rings is 1. The van der Waals surface area contributed by atoms with Gasteiger partial charge >= 0.3 is 0 Å². The van der Waals surface area contributed by atoms with Crippen LogP contribution >= 0.6 is 11.9 Å². The van der Waals surface area contributed by atoms with Crippen LogP contribution in [0.1, 0.15) is 12.8 Å². The third-order valence-corrected chi connectivity index (χ3v) is 7.28. The zero-order valence-corrected chi connectivity index (χ0v) is 21.1. The van der Waals surface area contributed by atoms with E-state index in [-0.39, 0.29) is 0 Å². The molecule has 1 N–H and O–H groups in total. The van der Waals surface area contributed by atoms with E-state index in [0.29, 0.717) is 16.5 Å². The molecule has 4 aromatic rings. The minimum atomic E-state index is -0.607. The van der Waals surface area contributed by atoms with Crippen LogP contribution in [0.25, 0.3) is 22.0 Å². The summed E-state index contributed by atoms with van der Waals surface area (Å²) >= 11 is 1.08. The van der Waals surface area contributed by atoms with E-state index in [9.17, 15) is 8.78 Å². The number of halogens is 2. The number of piperidine rings is 1. The molecular weight excluding hydrogens is 478 g/mol. The fourth-order valence-electron chi connectivity index (χ4n) is 4.64. The Labute approximate surface area is 213 Å². The third kappa shape index (κ3) is 5.57. The molecule has 2 aromatic heterocycles. The van der Waals surface area contributed by atoms with Crippen molar-refractivity contribution in [2.24, 2.45) is 5.92 Å². The molecule has 1 aliphatic heterocycles. The van der Waals surface area contributed by atoms with Crippen LogP contribution in [0.2, 0.25) is 0 Å². The number of rotatable bonds is 7. The highest BCUT2D eigenvalue weighted by molar-refractivity contribution is 8.00. The van der Waals surface area contributed by atoms with Crippen molar-refractivity contribution < 1.29 is 8.78 Å². The van der Waals surface area contributed by atoms with Gasteiger partial charge in [-0.25, -0.2) is 18.7 Å². The fraction of sp³-hybridized carbons (Fsp3) is 0.296. The van der Waals surface area contributed by atoms with Gasteiger partial charge in [0.05, 0.1) is 22.3 Å². The average molecular weight is 507 g/mol. The summed E-state index contributed by atoms with van der Waals surface area (Å²) < 4.78 is 30.3. The molecule has 0 aliphatic carbocycles. The van der Waals surface area contributed by atoms with Crippen LogP contribution in [0.15, 0.2) is 66.1 Å². The molecule has 1 aliphatic rings.